The van der Waals surface area contributed by atoms with E-state index in [1.54, 1.807) is 24.3 Å². The average molecular weight is 370 g/mol. The molecule has 4 nitrogen and oxygen atoms in total. The minimum atomic E-state index is -0.723. The van der Waals surface area contributed by atoms with Crippen molar-refractivity contribution in [3.05, 3.63) is 58.7 Å². The summed E-state index contributed by atoms with van der Waals surface area (Å²) in [7, 11) is 0. The fourth-order valence-corrected chi connectivity index (χ4v) is 2.05. The summed E-state index contributed by atoms with van der Waals surface area (Å²) in [5.41, 5.74) is 4.24. The van der Waals surface area contributed by atoms with E-state index in [0.29, 0.717) is 11.5 Å². The summed E-state index contributed by atoms with van der Waals surface area (Å²) >= 11 is 0. The average Bonchev–Trinajstić information content (AvgIpc) is 2.64. The molecule has 2 rings (SSSR count). The first-order chi connectivity index (χ1) is 13.3. The highest BCUT2D eigenvalue weighted by molar-refractivity contribution is 5.91. The van der Waals surface area contributed by atoms with Crippen LogP contribution in [0.5, 0.6) is 11.5 Å². The van der Waals surface area contributed by atoms with Crippen molar-refractivity contribution in [3.63, 3.8) is 0 Å². The van der Waals surface area contributed by atoms with Gasteiger partial charge in [0.05, 0.1) is 0 Å². The maximum Gasteiger partial charge on any atom is 0.390 e. The molecular weight excluding hydrogens is 352 g/mol. The molecule has 2 aromatic rings. The van der Waals surface area contributed by atoms with Gasteiger partial charge in [0.15, 0.2) is 0 Å². The van der Waals surface area contributed by atoms with Crippen LogP contribution in [0.25, 0.3) is 0 Å². The smallest absolute Gasteiger partial charge is 0.390 e. The van der Waals surface area contributed by atoms with E-state index in [2.05, 4.69) is 35.5 Å². The second-order valence-electron chi connectivity index (χ2n) is 6.02. The molecule has 0 radical (unpaired) electrons. The predicted molar refractivity (Wildman–Crippen MR) is 106 cm³/mol. The molecule has 0 bridgehead atoms. The van der Waals surface area contributed by atoms with Crippen molar-refractivity contribution in [2.24, 2.45) is 0 Å². The van der Waals surface area contributed by atoms with Crippen LogP contribution in [0.3, 0.4) is 0 Å². The highest BCUT2D eigenvalue weighted by Gasteiger charge is 2.02. The molecule has 0 unspecified atom stereocenters. The molecule has 4 heteroatoms. The molecular formula is C24H18O4. The second kappa shape index (κ2) is 9.67. The van der Waals surface area contributed by atoms with Gasteiger partial charge in [0.1, 0.15) is 11.5 Å². The first-order valence-corrected chi connectivity index (χ1v) is 8.45. The van der Waals surface area contributed by atoms with Crippen molar-refractivity contribution < 1.29 is 19.1 Å². The summed E-state index contributed by atoms with van der Waals surface area (Å²) in [6.45, 7) is 7.78. The Morgan fingerprint density at radius 1 is 0.607 bits per heavy atom. The zero-order valence-electron chi connectivity index (χ0n) is 16.1. The van der Waals surface area contributed by atoms with E-state index < -0.39 is 11.9 Å². The minimum Gasteiger partial charge on any atom is -0.417 e. The van der Waals surface area contributed by atoms with E-state index in [-0.39, 0.29) is 0 Å². The number of hydrogen-bond acceptors (Lipinski definition) is 4. The van der Waals surface area contributed by atoms with Crippen LogP contribution in [0, 0.1) is 63.2 Å². The third-order valence-electron chi connectivity index (χ3n) is 3.89. The van der Waals surface area contributed by atoms with Gasteiger partial charge in [0, 0.05) is 11.8 Å². The van der Waals surface area contributed by atoms with Crippen LogP contribution in [0.15, 0.2) is 36.4 Å². The van der Waals surface area contributed by atoms with Crippen molar-refractivity contribution in [3.8, 4) is 47.0 Å². The van der Waals surface area contributed by atoms with Gasteiger partial charge in [-0.05, 0) is 97.9 Å². The molecule has 0 saturated heterocycles. The SMILES string of the molecule is Cc1ccc(OC(=O)C#CC#CC#CC(=O)Oc2ccc(C)c(C)c2)cc1C. The Bertz CT molecular complexity index is 1020. The van der Waals surface area contributed by atoms with Gasteiger partial charge in [-0.3, -0.25) is 0 Å². The minimum absolute atomic E-state index is 0.421. The third-order valence-corrected chi connectivity index (χ3v) is 3.89. The zero-order chi connectivity index (χ0) is 20.5. The summed E-state index contributed by atoms with van der Waals surface area (Å²) < 4.78 is 10.2. The lowest BCUT2D eigenvalue weighted by atomic mass is 10.1. The molecule has 0 spiro atoms. The maximum atomic E-state index is 11.6. The Hall–Kier alpha value is -3.94. The molecule has 0 aliphatic heterocycles. The molecule has 0 saturated carbocycles. The number of esters is 2. The van der Waals surface area contributed by atoms with E-state index in [0.717, 1.165) is 22.3 Å². The van der Waals surface area contributed by atoms with Gasteiger partial charge in [-0.1, -0.05) is 12.1 Å². The van der Waals surface area contributed by atoms with Crippen molar-refractivity contribution in [1.82, 2.24) is 0 Å². The molecule has 28 heavy (non-hydrogen) atoms. The number of hydrogen-bond donors (Lipinski definition) is 0. The summed E-state index contributed by atoms with van der Waals surface area (Å²) in [4.78, 5) is 23.3. The lowest BCUT2D eigenvalue weighted by Crippen LogP contribution is -2.04. The van der Waals surface area contributed by atoms with Crippen molar-refractivity contribution >= 4 is 11.9 Å². The highest BCUT2D eigenvalue weighted by atomic mass is 16.5. The van der Waals surface area contributed by atoms with Gasteiger partial charge >= 0.3 is 11.9 Å². The van der Waals surface area contributed by atoms with Crippen LogP contribution in [0.1, 0.15) is 22.3 Å². The van der Waals surface area contributed by atoms with Crippen LogP contribution >= 0.6 is 0 Å². The van der Waals surface area contributed by atoms with Gasteiger partial charge in [0.25, 0.3) is 0 Å². The highest BCUT2D eigenvalue weighted by Crippen LogP contribution is 2.17. The first kappa shape index (κ1) is 20.4. The fraction of sp³-hybridized carbons (Fsp3) is 0.167. The van der Waals surface area contributed by atoms with Crippen LogP contribution in [0.4, 0.5) is 0 Å². The molecule has 0 fully saturated rings. The Morgan fingerprint density at radius 3 is 1.36 bits per heavy atom. The number of benzene rings is 2. The lowest BCUT2D eigenvalue weighted by Gasteiger charge is -2.03. The molecule has 0 aromatic heterocycles. The maximum absolute atomic E-state index is 11.6. The molecule has 0 heterocycles. The molecule has 0 N–H and O–H groups in total. The number of aryl methyl sites for hydroxylation is 4. The standard InChI is InChI=1S/C24H18O4/c1-17-11-13-21(15-19(17)3)27-23(25)9-7-5-6-8-10-24(26)28-22-14-12-18(2)20(4)16-22/h11-16H,1-4H3. The van der Waals surface area contributed by atoms with E-state index in [1.165, 1.54) is 0 Å². The number of carbonyl (C=O) groups is 2. The summed E-state index contributed by atoms with van der Waals surface area (Å²) in [5, 5.41) is 0. The number of carbonyl (C=O) groups excluding carboxylic acids is 2. The monoisotopic (exact) mass is 370 g/mol. The van der Waals surface area contributed by atoms with E-state index in [9.17, 15) is 9.59 Å². The van der Waals surface area contributed by atoms with Gasteiger partial charge in [-0.2, -0.15) is 0 Å². The van der Waals surface area contributed by atoms with Crippen molar-refractivity contribution in [2.45, 2.75) is 27.7 Å². The van der Waals surface area contributed by atoms with Crippen LogP contribution in [-0.2, 0) is 9.59 Å². The Morgan fingerprint density at radius 2 is 1.00 bits per heavy atom. The van der Waals surface area contributed by atoms with Gasteiger partial charge in [-0.15, -0.1) is 0 Å². The molecule has 138 valence electrons. The molecule has 2 aromatic carbocycles. The van der Waals surface area contributed by atoms with Crippen molar-refractivity contribution in [1.29, 1.82) is 0 Å². The van der Waals surface area contributed by atoms with Gasteiger partial charge in [0.2, 0.25) is 0 Å². The fourth-order valence-electron chi connectivity index (χ4n) is 2.05. The zero-order valence-corrected chi connectivity index (χ0v) is 16.1. The van der Waals surface area contributed by atoms with Crippen LogP contribution in [-0.4, -0.2) is 11.9 Å². The normalized spacial score (nSPS) is 8.86. The van der Waals surface area contributed by atoms with E-state index in [4.69, 9.17) is 9.47 Å². The number of rotatable bonds is 2. The summed E-state index contributed by atoms with van der Waals surface area (Å²) in [6, 6.07) is 10.6. The second-order valence-corrected chi connectivity index (χ2v) is 6.02. The Balaban J connectivity index is 1.88. The third kappa shape index (κ3) is 6.41. The predicted octanol–water partition coefficient (Wildman–Crippen LogP) is 3.44. The van der Waals surface area contributed by atoms with Gasteiger partial charge < -0.3 is 9.47 Å². The van der Waals surface area contributed by atoms with Crippen LogP contribution < -0.4 is 9.47 Å². The van der Waals surface area contributed by atoms with E-state index in [1.807, 2.05) is 39.8 Å². The summed E-state index contributed by atoms with van der Waals surface area (Å²) in [6.07, 6.45) is 0. The molecule has 0 aliphatic rings. The Kier molecular flexibility index (Phi) is 7.04. The van der Waals surface area contributed by atoms with Crippen LogP contribution in [0.2, 0.25) is 0 Å². The number of ether oxygens (including phenoxy) is 2. The van der Waals surface area contributed by atoms with E-state index >= 15 is 0 Å². The summed E-state index contributed by atoms with van der Waals surface area (Å²) in [5.74, 6) is 13.3. The lowest BCUT2D eigenvalue weighted by molar-refractivity contribution is -0.128. The van der Waals surface area contributed by atoms with Gasteiger partial charge in [-0.25, -0.2) is 9.59 Å². The molecule has 0 aliphatic carbocycles. The topological polar surface area (TPSA) is 52.6 Å². The quantitative estimate of drug-likeness (QED) is 0.352. The molecule has 0 amide bonds. The Labute approximate surface area is 164 Å². The largest absolute Gasteiger partial charge is 0.417 e. The first-order valence-electron chi connectivity index (χ1n) is 8.45. The molecule has 0 atom stereocenters. The van der Waals surface area contributed by atoms with Crippen molar-refractivity contribution in [2.75, 3.05) is 0 Å².